The highest BCUT2D eigenvalue weighted by Gasteiger charge is 2.17. The van der Waals surface area contributed by atoms with E-state index in [-0.39, 0.29) is 0 Å². The van der Waals surface area contributed by atoms with E-state index >= 15 is 0 Å². The summed E-state index contributed by atoms with van der Waals surface area (Å²) < 4.78 is 0. The predicted molar refractivity (Wildman–Crippen MR) is 63.9 cm³/mol. The Labute approximate surface area is 90.6 Å². The summed E-state index contributed by atoms with van der Waals surface area (Å²) in [5.74, 6) is 0. The Kier molecular flexibility index (Phi) is 1.72. The molecule has 15 heavy (non-hydrogen) atoms. The van der Waals surface area contributed by atoms with Crippen molar-refractivity contribution in [2.24, 2.45) is 0 Å². The second-order valence-corrected chi connectivity index (χ2v) is 4.33. The average molecular weight is 193 g/mol. The summed E-state index contributed by atoms with van der Waals surface area (Å²) in [6.07, 6.45) is 2.28. The Morgan fingerprint density at radius 2 is 1.13 bits per heavy atom. The van der Waals surface area contributed by atoms with Gasteiger partial charge in [-0.1, -0.05) is 47.5 Å². The zero-order valence-electron chi connectivity index (χ0n) is 9.04. The molecule has 0 aliphatic heterocycles. The van der Waals surface area contributed by atoms with E-state index in [0.717, 1.165) is 0 Å². The summed E-state index contributed by atoms with van der Waals surface area (Å²) >= 11 is 0. The predicted octanol–water partition coefficient (Wildman–Crippen LogP) is 3.88. The van der Waals surface area contributed by atoms with E-state index in [1.165, 1.54) is 33.4 Å². The molecular formula is C15H13. The third-order valence-corrected chi connectivity index (χ3v) is 3.02. The molecule has 0 heterocycles. The number of hydrogen-bond acceptors (Lipinski definition) is 0. The van der Waals surface area contributed by atoms with Gasteiger partial charge in [-0.05, 0) is 36.1 Å². The first-order chi connectivity index (χ1) is 7.24. The minimum Gasteiger partial charge on any atom is -0.0587 e. The second kappa shape index (κ2) is 2.96. The maximum Gasteiger partial charge on any atom is 0.0212 e. The average Bonchev–Trinajstić information content (AvgIpc) is 2.53. The number of fused-ring (bicyclic) bond motifs is 3. The molecule has 0 heteroatoms. The van der Waals surface area contributed by atoms with Gasteiger partial charge < -0.3 is 0 Å². The van der Waals surface area contributed by atoms with Crippen LogP contribution >= 0.6 is 0 Å². The molecule has 0 fully saturated rings. The van der Waals surface area contributed by atoms with E-state index in [1.807, 2.05) is 0 Å². The zero-order valence-corrected chi connectivity index (χ0v) is 9.04. The van der Waals surface area contributed by atoms with E-state index in [1.54, 1.807) is 0 Å². The molecule has 2 aromatic rings. The van der Waals surface area contributed by atoms with Crippen LogP contribution in [0.1, 0.15) is 22.3 Å². The van der Waals surface area contributed by atoms with Gasteiger partial charge in [0.1, 0.15) is 0 Å². The van der Waals surface area contributed by atoms with Gasteiger partial charge in [0.25, 0.3) is 0 Å². The van der Waals surface area contributed by atoms with Gasteiger partial charge in [-0.3, -0.25) is 0 Å². The SMILES string of the molecule is Cc1ccc2c(c1)[CH]c1cc(C)ccc1-2. The fourth-order valence-electron chi connectivity index (χ4n) is 2.26. The van der Waals surface area contributed by atoms with Crippen molar-refractivity contribution in [1.82, 2.24) is 0 Å². The highest BCUT2D eigenvalue weighted by Crippen LogP contribution is 2.38. The molecular weight excluding hydrogens is 180 g/mol. The normalized spacial score (nSPS) is 12.4. The van der Waals surface area contributed by atoms with Crippen molar-refractivity contribution >= 4 is 0 Å². The molecule has 0 bridgehead atoms. The van der Waals surface area contributed by atoms with Gasteiger partial charge in [0.15, 0.2) is 0 Å². The van der Waals surface area contributed by atoms with Crippen molar-refractivity contribution in [1.29, 1.82) is 0 Å². The lowest BCUT2D eigenvalue weighted by Crippen LogP contribution is -1.79. The van der Waals surface area contributed by atoms with Crippen LogP contribution in [0.4, 0.5) is 0 Å². The third kappa shape index (κ3) is 1.29. The quantitative estimate of drug-likeness (QED) is 0.508. The highest BCUT2D eigenvalue weighted by atomic mass is 14.2. The van der Waals surface area contributed by atoms with Crippen LogP contribution in [0.25, 0.3) is 11.1 Å². The molecule has 2 aromatic carbocycles. The molecule has 0 saturated carbocycles. The molecule has 3 rings (SSSR count). The van der Waals surface area contributed by atoms with Gasteiger partial charge in [0.2, 0.25) is 0 Å². The molecule has 0 spiro atoms. The first-order valence-corrected chi connectivity index (χ1v) is 5.30. The van der Waals surface area contributed by atoms with Crippen molar-refractivity contribution in [2.45, 2.75) is 13.8 Å². The van der Waals surface area contributed by atoms with Crippen molar-refractivity contribution in [3.05, 3.63) is 65.1 Å². The third-order valence-electron chi connectivity index (χ3n) is 3.02. The molecule has 0 atom stereocenters. The van der Waals surface area contributed by atoms with Crippen LogP contribution in [0.2, 0.25) is 0 Å². The second-order valence-electron chi connectivity index (χ2n) is 4.33. The van der Waals surface area contributed by atoms with Crippen molar-refractivity contribution in [3.63, 3.8) is 0 Å². The van der Waals surface area contributed by atoms with Crippen molar-refractivity contribution in [3.8, 4) is 11.1 Å². The monoisotopic (exact) mass is 193 g/mol. The summed E-state index contributed by atoms with van der Waals surface area (Å²) in [4.78, 5) is 0. The number of aryl methyl sites for hydroxylation is 2. The standard InChI is InChI=1S/C15H13/c1-10-3-5-14-12(7-10)9-13-8-11(2)4-6-15(13)14/h3-9H,1-2H3. The molecule has 0 saturated heterocycles. The topological polar surface area (TPSA) is 0 Å². The molecule has 1 aliphatic rings. The van der Waals surface area contributed by atoms with Crippen molar-refractivity contribution in [2.75, 3.05) is 0 Å². The van der Waals surface area contributed by atoms with Crippen LogP contribution in [-0.4, -0.2) is 0 Å². The Bertz CT molecular complexity index is 486. The van der Waals surface area contributed by atoms with Crippen LogP contribution < -0.4 is 0 Å². The summed E-state index contributed by atoms with van der Waals surface area (Å²) in [7, 11) is 0. The fourth-order valence-corrected chi connectivity index (χ4v) is 2.26. The Morgan fingerprint density at radius 1 is 0.667 bits per heavy atom. The first kappa shape index (κ1) is 8.72. The molecule has 1 aliphatic carbocycles. The van der Waals surface area contributed by atoms with E-state index in [0.29, 0.717) is 0 Å². The summed E-state index contributed by atoms with van der Waals surface area (Å²) in [5, 5.41) is 0. The van der Waals surface area contributed by atoms with Gasteiger partial charge in [-0.2, -0.15) is 0 Å². The Morgan fingerprint density at radius 3 is 1.60 bits per heavy atom. The number of benzene rings is 2. The van der Waals surface area contributed by atoms with Gasteiger partial charge >= 0.3 is 0 Å². The zero-order chi connectivity index (χ0) is 10.4. The van der Waals surface area contributed by atoms with E-state index in [4.69, 9.17) is 0 Å². The number of hydrogen-bond donors (Lipinski definition) is 0. The molecule has 0 aromatic heterocycles. The lowest BCUT2D eigenvalue weighted by Gasteiger charge is -2.01. The van der Waals surface area contributed by atoms with Gasteiger partial charge in [0.05, 0.1) is 0 Å². The van der Waals surface area contributed by atoms with Gasteiger partial charge in [0, 0.05) is 6.42 Å². The van der Waals surface area contributed by atoms with Crippen LogP contribution in [0, 0.1) is 20.3 Å². The summed E-state index contributed by atoms with van der Waals surface area (Å²) in [5.41, 5.74) is 8.11. The molecule has 73 valence electrons. The minimum absolute atomic E-state index is 1.33. The number of rotatable bonds is 0. The molecule has 1 radical (unpaired) electrons. The summed E-state index contributed by atoms with van der Waals surface area (Å²) in [6.45, 7) is 4.28. The van der Waals surface area contributed by atoms with Crippen molar-refractivity contribution < 1.29 is 0 Å². The van der Waals surface area contributed by atoms with Crippen LogP contribution in [-0.2, 0) is 0 Å². The lowest BCUT2D eigenvalue weighted by molar-refractivity contribution is 1.42. The van der Waals surface area contributed by atoms with Crippen LogP contribution in [0.3, 0.4) is 0 Å². The van der Waals surface area contributed by atoms with E-state index in [2.05, 4.69) is 56.7 Å². The maximum atomic E-state index is 2.28. The van der Waals surface area contributed by atoms with Crippen LogP contribution in [0.5, 0.6) is 0 Å². The van der Waals surface area contributed by atoms with E-state index in [9.17, 15) is 0 Å². The summed E-state index contributed by atoms with van der Waals surface area (Å²) in [6, 6.07) is 13.3. The highest BCUT2D eigenvalue weighted by molar-refractivity contribution is 5.81. The Hall–Kier alpha value is -1.56. The molecule has 0 unspecified atom stereocenters. The van der Waals surface area contributed by atoms with E-state index < -0.39 is 0 Å². The van der Waals surface area contributed by atoms with Crippen LogP contribution in [0.15, 0.2) is 36.4 Å². The van der Waals surface area contributed by atoms with Gasteiger partial charge in [-0.25, -0.2) is 0 Å². The Balaban J connectivity index is 2.24. The molecule has 0 nitrogen and oxygen atoms in total. The minimum atomic E-state index is 1.33. The smallest absolute Gasteiger partial charge is 0.0212 e. The lowest BCUT2D eigenvalue weighted by atomic mass is 10.0. The molecule has 0 amide bonds. The largest absolute Gasteiger partial charge is 0.0587 e. The molecule has 0 N–H and O–H groups in total. The maximum absolute atomic E-state index is 2.28. The first-order valence-electron chi connectivity index (χ1n) is 5.30. The fraction of sp³-hybridized carbons (Fsp3) is 0.133. The van der Waals surface area contributed by atoms with Gasteiger partial charge in [-0.15, -0.1) is 0 Å².